The topological polar surface area (TPSA) is 49.3 Å². The molecule has 0 radical (unpaired) electrons. The number of rotatable bonds is 2. The molecule has 2 heterocycles. The minimum absolute atomic E-state index is 0.0200. The molecule has 96 valence electrons. The largest absolute Gasteiger partial charge is 0.392 e. The van der Waals surface area contributed by atoms with Gasteiger partial charge < -0.3 is 10.4 Å². The summed E-state index contributed by atoms with van der Waals surface area (Å²) in [6, 6.07) is 4.06. The number of hydrogen-bond donors (Lipinski definition) is 2. The number of carbonyl (C=O) groups excluding carboxylic acids is 1. The Hall–Kier alpha value is -0.910. The predicted octanol–water partition coefficient (Wildman–Crippen LogP) is 2.85. The molecule has 2 aromatic heterocycles. The van der Waals surface area contributed by atoms with E-state index in [-0.39, 0.29) is 23.5 Å². The third-order valence-electron chi connectivity index (χ3n) is 3.88. The van der Waals surface area contributed by atoms with Crippen molar-refractivity contribution in [1.82, 2.24) is 5.32 Å². The molecule has 2 atom stereocenters. The summed E-state index contributed by atoms with van der Waals surface area (Å²) in [4.78, 5) is 12.9. The minimum Gasteiger partial charge on any atom is -0.392 e. The Morgan fingerprint density at radius 3 is 2.89 bits per heavy atom. The number of hydrogen-bond acceptors (Lipinski definition) is 4. The van der Waals surface area contributed by atoms with Crippen molar-refractivity contribution in [3.63, 3.8) is 0 Å². The average Bonchev–Trinajstić information content (AvgIpc) is 2.88. The van der Waals surface area contributed by atoms with Gasteiger partial charge in [-0.3, -0.25) is 4.79 Å². The van der Waals surface area contributed by atoms with E-state index in [1.165, 1.54) is 11.3 Å². The van der Waals surface area contributed by atoms with Crippen molar-refractivity contribution >= 4 is 38.0 Å². The van der Waals surface area contributed by atoms with E-state index < -0.39 is 0 Å². The van der Waals surface area contributed by atoms with Gasteiger partial charge in [0.05, 0.1) is 11.0 Å². The fourth-order valence-corrected chi connectivity index (χ4v) is 4.27. The molecule has 0 spiro atoms. The Bertz CT molecular complexity index is 570. The van der Waals surface area contributed by atoms with Gasteiger partial charge in [-0.2, -0.15) is 0 Å². The van der Waals surface area contributed by atoms with Gasteiger partial charge in [0.25, 0.3) is 5.91 Å². The average molecular weight is 281 g/mol. The standard InChI is InChI=1S/C13H15NO2S2/c1-13(2)10(6-11(13)15)14-12(16)9-5-8-7(18-9)3-4-17-8/h3-5,10-11,15H,6H2,1-2H3,(H,14,16). The quantitative estimate of drug-likeness (QED) is 0.889. The lowest BCUT2D eigenvalue weighted by Crippen LogP contribution is -2.61. The summed E-state index contributed by atoms with van der Waals surface area (Å²) in [7, 11) is 0. The van der Waals surface area contributed by atoms with Crippen LogP contribution in [0.2, 0.25) is 0 Å². The van der Waals surface area contributed by atoms with Gasteiger partial charge in [-0.25, -0.2) is 0 Å². The summed E-state index contributed by atoms with van der Waals surface area (Å²) in [5.41, 5.74) is -0.218. The van der Waals surface area contributed by atoms with E-state index in [4.69, 9.17) is 0 Å². The van der Waals surface area contributed by atoms with Gasteiger partial charge in [0, 0.05) is 20.9 Å². The molecule has 1 aliphatic rings. The first-order valence-electron chi connectivity index (χ1n) is 5.94. The maximum Gasteiger partial charge on any atom is 0.261 e. The molecule has 1 aliphatic carbocycles. The van der Waals surface area contributed by atoms with Gasteiger partial charge in [0.1, 0.15) is 0 Å². The van der Waals surface area contributed by atoms with Crippen LogP contribution in [0, 0.1) is 5.41 Å². The van der Waals surface area contributed by atoms with E-state index >= 15 is 0 Å². The summed E-state index contributed by atoms with van der Waals surface area (Å²) in [6.07, 6.45) is 0.341. The Kier molecular flexibility index (Phi) is 2.73. The van der Waals surface area contributed by atoms with Crippen LogP contribution in [-0.2, 0) is 0 Å². The van der Waals surface area contributed by atoms with E-state index in [0.717, 1.165) is 14.3 Å². The van der Waals surface area contributed by atoms with Crippen LogP contribution in [0.15, 0.2) is 17.5 Å². The molecule has 1 saturated carbocycles. The zero-order chi connectivity index (χ0) is 12.9. The lowest BCUT2D eigenvalue weighted by atomic mass is 9.64. The first-order chi connectivity index (χ1) is 8.48. The highest BCUT2D eigenvalue weighted by Crippen LogP contribution is 2.40. The van der Waals surface area contributed by atoms with Crippen LogP contribution < -0.4 is 5.32 Å². The summed E-state index contributed by atoms with van der Waals surface area (Å²) in [5.74, 6) is -0.0200. The van der Waals surface area contributed by atoms with E-state index in [9.17, 15) is 9.90 Å². The number of nitrogens with one attached hydrogen (secondary N) is 1. The SMILES string of the molecule is CC1(C)C(O)CC1NC(=O)c1cc2sccc2s1. The Labute approximate surface area is 113 Å². The van der Waals surface area contributed by atoms with E-state index in [1.54, 1.807) is 11.3 Å². The summed E-state index contributed by atoms with van der Waals surface area (Å²) in [6.45, 7) is 3.97. The van der Waals surface area contributed by atoms with Crippen molar-refractivity contribution in [2.45, 2.75) is 32.4 Å². The Morgan fingerprint density at radius 1 is 1.50 bits per heavy atom. The van der Waals surface area contributed by atoms with Crippen molar-refractivity contribution in [2.75, 3.05) is 0 Å². The number of thiophene rings is 2. The van der Waals surface area contributed by atoms with E-state index in [2.05, 4.69) is 5.32 Å². The molecule has 1 fully saturated rings. The van der Waals surface area contributed by atoms with Crippen molar-refractivity contribution in [2.24, 2.45) is 5.41 Å². The highest BCUT2D eigenvalue weighted by atomic mass is 32.1. The molecule has 3 nitrogen and oxygen atoms in total. The summed E-state index contributed by atoms with van der Waals surface area (Å²) in [5, 5.41) is 14.7. The third kappa shape index (κ3) is 1.77. The van der Waals surface area contributed by atoms with Gasteiger partial charge in [-0.15, -0.1) is 22.7 Å². The number of amides is 1. The molecule has 0 aliphatic heterocycles. The molecule has 18 heavy (non-hydrogen) atoms. The highest BCUT2D eigenvalue weighted by Gasteiger charge is 2.48. The molecule has 1 amide bonds. The predicted molar refractivity (Wildman–Crippen MR) is 75.4 cm³/mol. The summed E-state index contributed by atoms with van der Waals surface area (Å²) >= 11 is 3.18. The first-order valence-corrected chi connectivity index (χ1v) is 7.64. The molecule has 2 unspecified atom stereocenters. The second kappa shape index (κ2) is 4.05. The summed E-state index contributed by atoms with van der Waals surface area (Å²) < 4.78 is 2.33. The van der Waals surface area contributed by atoms with Crippen molar-refractivity contribution in [3.8, 4) is 0 Å². The Morgan fingerprint density at radius 2 is 2.28 bits per heavy atom. The zero-order valence-electron chi connectivity index (χ0n) is 10.3. The molecular weight excluding hydrogens is 266 g/mol. The molecule has 2 aromatic rings. The molecule has 0 bridgehead atoms. The van der Waals surface area contributed by atoms with Crippen LogP contribution in [0.3, 0.4) is 0 Å². The van der Waals surface area contributed by atoms with Crippen LogP contribution in [0.1, 0.15) is 29.9 Å². The Balaban J connectivity index is 1.74. The number of carbonyl (C=O) groups is 1. The molecule has 5 heteroatoms. The molecule has 0 aromatic carbocycles. The second-order valence-corrected chi connectivity index (χ2v) is 7.39. The van der Waals surface area contributed by atoms with Crippen LogP contribution in [0.5, 0.6) is 0 Å². The van der Waals surface area contributed by atoms with E-state index in [1.807, 2.05) is 31.4 Å². The lowest BCUT2D eigenvalue weighted by Gasteiger charge is -2.49. The van der Waals surface area contributed by atoms with E-state index in [0.29, 0.717) is 6.42 Å². The van der Waals surface area contributed by atoms with Gasteiger partial charge in [0.15, 0.2) is 0 Å². The zero-order valence-corrected chi connectivity index (χ0v) is 11.9. The van der Waals surface area contributed by atoms with Gasteiger partial charge in [-0.1, -0.05) is 13.8 Å². The first kappa shape index (κ1) is 12.1. The number of aliphatic hydroxyl groups excluding tert-OH is 1. The monoisotopic (exact) mass is 281 g/mol. The number of aliphatic hydroxyl groups is 1. The highest BCUT2D eigenvalue weighted by molar-refractivity contribution is 7.27. The van der Waals surface area contributed by atoms with Crippen LogP contribution in [-0.4, -0.2) is 23.2 Å². The lowest BCUT2D eigenvalue weighted by molar-refractivity contribution is -0.0689. The minimum atomic E-state index is -0.311. The van der Waals surface area contributed by atoms with Gasteiger partial charge in [0.2, 0.25) is 0 Å². The van der Waals surface area contributed by atoms with Gasteiger partial charge in [-0.05, 0) is 23.9 Å². The third-order valence-corrected chi connectivity index (χ3v) is 5.98. The molecule has 3 rings (SSSR count). The van der Waals surface area contributed by atoms with Crippen LogP contribution >= 0.6 is 22.7 Å². The van der Waals surface area contributed by atoms with Crippen molar-refractivity contribution in [1.29, 1.82) is 0 Å². The maximum absolute atomic E-state index is 12.1. The molecule has 2 N–H and O–H groups in total. The number of fused-ring (bicyclic) bond motifs is 1. The fourth-order valence-electron chi connectivity index (χ4n) is 2.25. The van der Waals surface area contributed by atoms with Crippen molar-refractivity contribution in [3.05, 3.63) is 22.4 Å². The van der Waals surface area contributed by atoms with Crippen LogP contribution in [0.4, 0.5) is 0 Å². The van der Waals surface area contributed by atoms with Crippen LogP contribution in [0.25, 0.3) is 9.40 Å². The second-order valence-electron chi connectivity index (χ2n) is 5.36. The molecule has 0 saturated heterocycles. The smallest absolute Gasteiger partial charge is 0.261 e. The van der Waals surface area contributed by atoms with Crippen molar-refractivity contribution < 1.29 is 9.90 Å². The fraction of sp³-hybridized carbons (Fsp3) is 0.462. The normalized spacial score (nSPS) is 25.9. The molecular formula is C13H15NO2S2. The van der Waals surface area contributed by atoms with Gasteiger partial charge >= 0.3 is 0 Å². The maximum atomic E-state index is 12.1.